The van der Waals surface area contributed by atoms with Gasteiger partial charge in [-0.2, -0.15) is 0 Å². The molecule has 4 nitrogen and oxygen atoms in total. The van der Waals surface area contributed by atoms with E-state index in [-0.39, 0.29) is 6.10 Å². The predicted octanol–water partition coefficient (Wildman–Crippen LogP) is 2.40. The van der Waals surface area contributed by atoms with E-state index >= 15 is 0 Å². The van der Waals surface area contributed by atoms with Crippen LogP contribution in [0.25, 0.3) is 0 Å². The lowest BCUT2D eigenvalue weighted by molar-refractivity contribution is 0.0840. The standard InChI is InChI=1S/C17H33N3O/c1-6-17(11-18-16(5)14(2)3)13-20-9-7-19(8-10-20)12-15(4)21/h11,14-15,21H,6-10,12-13H2,1-5H3/b17-11+,18-16?. The van der Waals surface area contributed by atoms with Gasteiger partial charge >= 0.3 is 0 Å². The van der Waals surface area contributed by atoms with E-state index in [1.54, 1.807) is 0 Å². The highest BCUT2D eigenvalue weighted by Crippen LogP contribution is 2.09. The van der Waals surface area contributed by atoms with Gasteiger partial charge in [0.05, 0.1) is 6.10 Å². The molecule has 0 radical (unpaired) electrons. The van der Waals surface area contributed by atoms with Gasteiger partial charge in [0.15, 0.2) is 0 Å². The Labute approximate surface area is 130 Å². The third-order valence-corrected chi connectivity index (χ3v) is 4.15. The summed E-state index contributed by atoms with van der Waals surface area (Å²) in [5.74, 6) is 0.517. The number of rotatable bonds is 7. The third-order valence-electron chi connectivity index (χ3n) is 4.15. The first-order valence-corrected chi connectivity index (χ1v) is 8.27. The van der Waals surface area contributed by atoms with Crippen LogP contribution in [0.3, 0.4) is 0 Å². The van der Waals surface area contributed by atoms with Crippen LogP contribution in [0.5, 0.6) is 0 Å². The van der Waals surface area contributed by atoms with Crippen molar-refractivity contribution in [2.45, 2.75) is 47.1 Å². The molecule has 0 saturated carbocycles. The second-order valence-corrected chi connectivity index (χ2v) is 6.49. The minimum atomic E-state index is -0.226. The molecule has 1 saturated heterocycles. The summed E-state index contributed by atoms with van der Waals surface area (Å²) in [5.41, 5.74) is 2.60. The molecule has 122 valence electrons. The van der Waals surface area contributed by atoms with Crippen molar-refractivity contribution in [3.05, 3.63) is 11.8 Å². The maximum atomic E-state index is 9.44. The van der Waals surface area contributed by atoms with Gasteiger partial charge in [-0.25, -0.2) is 0 Å². The van der Waals surface area contributed by atoms with Crippen LogP contribution in [-0.2, 0) is 0 Å². The summed E-state index contributed by atoms with van der Waals surface area (Å²) in [5, 5.41) is 9.44. The molecule has 1 unspecified atom stereocenters. The summed E-state index contributed by atoms with van der Waals surface area (Å²) in [4.78, 5) is 9.44. The van der Waals surface area contributed by atoms with Gasteiger partial charge in [-0.15, -0.1) is 0 Å². The molecule has 1 rings (SSSR count). The molecule has 0 aromatic heterocycles. The van der Waals surface area contributed by atoms with E-state index in [0.717, 1.165) is 45.7 Å². The van der Waals surface area contributed by atoms with Crippen molar-refractivity contribution < 1.29 is 5.11 Å². The Morgan fingerprint density at radius 3 is 2.19 bits per heavy atom. The van der Waals surface area contributed by atoms with Crippen LogP contribution in [0.15, 0.2) is 16.8 Å². The topological polar surface area (TPSA) is 39.1 Å². The van der Waals surface area contributed by atoms with Gasteiger partial charge in [0.2, 0.25) is 0 Å². The summed E-state index contributed by atoms with van der Waals surface area (Å²) < 4.78 is 0. The number of β-amino-alcohol motifs (C(OH)–C–C–N with tert-alkyl or cyclic N) is 1. The highest BCUT2D eigenvalue weighted by Gasteiger charge is 2.18. The van der Waals surface area contributed by atoms with Gasteiger partial charge in [0, 0.05) is 51.2 Å². The zero-order chi connectivity index (χ0) is 15.8. The van der Waals surface area contributed by atoms with Crippen molar-refractivity contribution in [3.63, 3.8) is 0 Å². The monoisotopic (exact) mass is 295 g/mol. The van der Waals surface area contributed by atoms with Crippen LogP contribution in [0.2, 0.25) is 0 Å². The van der Waals surface area contributed by atoms with E-state index < -0.39 is 0 Å². The molecular formula is C17H33N3O. The smallest absolute Gasteiger partial charge is 0.0639 e. The molecule has 0 aromatic rings. The van der Waals surface area contributed by atoms with Crippen molar-refractivity contribution in [2.75, 3.05) is 39.3 Å². The largest absolute Gasteiger partial charge is 0.392 e. The maximum Gasteiger partial charge on any atom is 0.0639 e. The highest BCUT2D eigenvalue weighted by molar-refractivity contribution is 5.84. The van der Waals surface area contributed by atoms with Crippen molar-refractivity contribution >= 4 is 5.71 Å². The minimum Gasteiger partial charge on any atom is -0.392 e. The Bertz CT molecular complexity index is 353. The number of piperazine rings is 1. The number of hydrogen-bond acceptors (Lipinski definition) is 4. The Balaban J connectivity index is 2.45. The van der Waals surface area contributed by atoms with Crippen molar-refractivity contribution in [1.82, 2.24) is 9.80 Å². The fourth-order valence-electron chi connectivity index (χ4n) is 2.38. The van der Waals surface area contributed by atoms with Gasteiger partial charge in [-0.3, -0.25) is 14.8 Å². The summed E-state index contributed by atoms with van der Waals surface area (Å²) in [7, 11) is 0. The third kappa shape index (κ3) is 7.21. The number of aliphatic imine (C=N–C) groups is 1. The first kappa shape index (κ1) is 18.3. The fraction of sp³-hybridized carbons (Fsp3) is 0.824. The molecule has 0 aliphatic carbocycles. The summed E-state index contributed by atoms with van der Waals surface area (Å²) in [6, 6.07) is 0. The van der Waals surface area contributed by atoms with Gasteiger partial charge in [-0.05, 0) is 31.8 Å². The highest BCUT2D eigenvalue weighted by atomic mass is 16.3. The average Bonchev–Trinajstić information content (AvgIpc) is 2.44. The quantitative estimate of drug-likeness (QED) is 0.733. The molecule has 21 heavy (non-hydrogen) atoms. The maximum absolute atomic E-state index is 9.44. The molecule has 1 heterocycles. The van der Waals surface area contributed by atoms with E-state index in [4.69, 9.17) is 0 Å². The molecule has 4 heteroatoms. The molecule has 0 spiro atoms. The van der Waals surface area contributed by atoms with E-state index in [1.165, 1.54) is 11.3 Å². The molecule has 1 N–H and O–H groups in total. The van der Waals surface area contributed by atoms with Gasteiger partial charge in [0.25, 0.3) is 0 Å². The SMILES string of the molecule is CC/C(=C\N=C(C)C(C)C)CN1CCN(CC(C)O)CC1. The molecule has 1 aliphatic rings. The minimum absolute atomic E-state index is 0.226. The molecule has 1 fully saturated rings. The molecular weight excluding hydrogens is 262 g/mol. The second-order valence-electron chi connectivity index (χ2n) is 6.49. The number of nitrogens with zero attached hydrogens (tertiary/aromatic N) is 3. The molecule has 1 atom stereocenters. The Kier molecular flexibility index (Phi) is 8.15. The van der Waals surface area contributed by atoms with Gasteiger partial charge < -0.3 is 5.11 Å². The zero-order valence-electron chi connectivity index (χ0n) is 14.5. The Morgan fingerprint density at radius 2 is 1.71 bits per heavy atom. The van der Waals surface area contributed by atoms with E-state index in [9.17, 15) is 5.11 Å². The van der Waals surface area contributed by atoms with E-state index in [2.05, 4.69) is 48.7 Å². The number of hydrogen-bond donors (Lipinski definition) is 1. The summed E-state index contributed by atoms with van der Waals surface area (Å²) in [6.07, 6.45) is 2.90. The predicted molar refractivity (Wildman–Crippen MR) is 90.9 cm³/mol. The molecule has 0 amide bonds. The second kappa shape index (κ2) is 9.34. The van der Waals surface area contributed by atoms with E-state index in [1.807, 2.05) is 6.92 Å². The molecule has 0 bridgehead atoms. The Hall–Kier alpha value is -0.710. The lowest BCUT2D eigenvalue weighted by atomic mass is 10.1. The van der Waals surface area contributed by atoms with E-state index in [0.29, 0.717) is 5.92 Å². The normalized spacial score (nSPS) is 21.1. The van der Waals surface area contributed by atoms with Gasteiger partial charge in [-0.1, -0.05) is 20.8 Å². The average molecular weight is 295 g/mol. The van der Waals surface area contributed by atoms with Crippen LogP contribution in [-0.4, -0.2) is 66.0 Å². The van der Waals surface area contributed by atoms with Crippen molar-refractivity contribution in [2.24, 2.45) is 10.9 Å². The van der Waals surface area contributed by atoms with Crippen LogP contribution in [0, 0.1) is 5.92 Å². The zero-order valence-corrected chi connectivity index (χ0v) is 14.5. The van der Waals surface area contributed by atoms with Crippen molar-refractivity contribution in [3.8, 4) is 0 Å². The lowest BCUT2D eigenvalue weighted by Crippen LogP contribution is -2.48. The van der Waals surface area contributed by atoms with Crippen molar-refractivity contribution in [1.29, 1.82) is 0 Å². The first-order chi connectivity index (χ1) is 9.92. The van der Waals surface area contributed by atoms with Crippen LogP contribution in [0.4, 0.5) is 0 Å². The molecule has 0 aromatic carbocycles. The number of aliphatic hydroxyl groups is 1. The first-order valence-electron chi connectivity index (χ1n) is 8.27. The van der Waals surface area contributed by atoms with Crippen LogP contribution >= 0.6 is 0 Å². The van der Waals surface area contributed by atoms with Crippen LogP contribution in [0.1, 0.15) is 41.0 Å². The fourth-order valence-corrected chi connectivity index (χ4v) is 2.38. The number of aliphatic hydroxyl groups excluding tert-OH is 1. The lowest BCUT2D eigenvalue weighted by Gasteiger charge is -2.35. The summed E-state index contributed by atoms with van der Waals surface area (Å²) in [6.45, 7) is 16.6. The Morgan fingerprint density at radius 1 is 1.14 bits per heavy atom. The molecule has 1 aliphatic heterocycles. The van der Waals surface area contributed by atoms with Gasteiger partial charge in [0.1, 0.15) is 0 Å². The summed E-state index contributed by atoms with van der Waals surface area (Å²) >= 11 is 0. The van der Waals surface area contributed by atoms with Crippen LogP contribution < -0.4 is 0 Å².